The quantitative estimate of drug-likeness (QED) is 0.611. The Morgan fingerprint density at radius 1 is 1.33 bits per heavy atom. The summed E-state index contributed by atoms with van der Waals surface area (Å²) in [5.74, 6) is 0.214. The highest BCUT2D eigenvalue weighted by molar-refractivity contribution is 5.76. The van der Waals surface area contributed by atoms with Crippen molar-refractivity contribution in [1.82, 2.24) is 9.80 Å². The van der Waals surface area contributed by atoms with Crippen molar-refractivity contribution in [1.29, 1.82) is 0 Å². The van der Waals surface area contributed by atoms with Gasteiger partial charge in [0.05, 0.1) is 6.61 Å². The van der Waals surface area contributed by atoms with E-state index >= 15 is 0 Å². The lowest BCUT2D eigenvalue weighted by molar-refractivity contribution is -0.130. The predicted molar refractivity (Wildman–Crippen MR) is 72.4 cm³/mol. The van der Waals surface area contributed by atoms with E-state index in [-0.39, 0.29) is 5.91 Å². The third-order valence-corrected chi connectivity index (χ3v) is 3.38. The fraction of sp³-hybridized carbons (Fsp3) is 0.923. The minimum absolute atomic E-state index is 0.214. The summed E-state index contributed by atoms with van der Waals surface area (Å²) in [6, 6.07) is 0.683. The van der Waals surface area contributed by atoms with Crippen molar-refractivity contribution in [3.8, 4) is 0 Å². The molecule has 0 aromatic carbocycles. The summed E-state index contributed by atoms with van der Waals surface area (Å²) in [5, 5.41) is 0. The minimum atomic E-state index is 0.214. The van der Waals surface area contributed by atoms with Crippen molar-refractivity contribution in [3.63, 3.8) is 0 Å². The first-order valence-corrected chi connectivity index (χ1v) is 6.86. The van der Waals surface area contributed by atoms with Crippen LogP contribution in [0.4, 0.5) is 0 Å². The van der Waals surface area contributed by atoms with Crippen LogP contribution in [-0.4, -0.2) is 68.7 Å². The van der Waals surface area contributed by atoms with E-state index in [2.05, 4.69) is 4.90 Å². The molecule has 1 aliphatic rings. The zero-order valence-electron chi connectivity index (χ0n) is 11.7. The van der Waals surface area contributed by atoms with Crippen LogP contribution in [0, 0.1) is 0 Å². The molecule has 0 saturated heterocycles. The van der Waals surface area contributed by atoms with Crippen LogP contribution in [0.5, 0.6) is 0 Å². The molecule has 2 N–H and O–H groups in total. The van der Waals surface area contributed by atoms with E-state index < -0.39 is 0 Å². The summed E-state index contributed by atoms with van der Waals surface area (Å²) in [7, 11) is 3.57. The fourth-order valence-electron chi connectivity index (χ4n) is 2.01. The van der Waals surface area contributed by atoms with Crippen LogP contribution >= 0.6 is 0 Å². The number of rotatable bonds is 10. The van der Waals surface area contributed by atoms with E-state index in [0.717, 1.165) is 32.7 Å². The summed E-state index contributed by atoms with van der Waals surface area (Å²) < 4.78 is 5.11. The maximum atomic E-state index is 11.9. The van der Waals surface area contributed by atoms with Crippen LogP contribution in [-0.2, 0) is 9.53 Å². The van der Waals surface area contributed by atoms with E-state index in [1.165, 1.54) is 12.8 Å². The smallest absolute Gasteiger partial charge is 0.223 e. The molecule has 0 bridgehead atoms. The van der Waals surface area contributed by atoms with E-state index in [1.54, 1.807) is 12.0 Å². The number of hydrogen-bond acceptors (Lipinski definition) is 4. The number of hydrogen-bond donors (Lipinski definition) is 1. The second-order valence-electron chi connectivity index (χ2n) is 4.97. The SMILES string of the molecule is COCCN(CCC(=O)N(C)CCCN)C1CC1. The molecule has 5 heteroatoms. The van der Waals surface area contributed by atoms with Gasteiger partial charge in [-0.15, -0.1) is 0 Å². The number of ether oxygens (including phenoxy) is 1. The first kappa shape index (κ1) is 15.4. The Morgan fingerprint density at radius 3 is 2.61 bits per heavy atom. The molecule has 106 valence electrons. The molecule has 1 saturated carbocycles. The Bertz CT molecular complexity index is 244. The normalized spacial score (nSPS) is 15.1. The second kappa shape index (κ2) is 8.45. The van der Waals surface area contributed by atoms with Gasteiger partial charge < -0.3 is 15.4 Å². The number of nitrogens with two attached hydrogens (primary N) is 1. The van der Waals surface area contributed by atoms with Gasteiger partial charge in [0.25, 0.3) is 0 Å². The molecule has 0 aromatic rings. The summed E-state index contributed by atoms with van der Waals surface area (Å²) in [5.41, 5.74) is 5.44. The predicted octanol–water partition coefficient (Wildman–Crippen LogP) is 0.295. The molecule has 0 radical (unpaired) electrons. The summed E-state index contributed by atoms with van der Waals surface area (Å²) in [4.78, 5) is 16.1. The first-order valence-electron chi connectivity index (χ1n) is 6.86. The summed E-state index contributed by atoms with van der Waals surface area (Å²) >= 11 is 0. The lowest BCUT2D eigenvalue weighted by Gasteiger charge is -2.23. The van der Waals surface area contributed by atoms with E-state index in [4.69, 9.17) is 10.5 Å². The minimum Gasteiger partial charge on any atom is -0.383 e. The molecule has 0 aromatic heterocycles. The van der Waals surface area contributed by atoms with E-state index in [9.17, 15) is 4.79 Å². The zero-order chi connectivity index (χ0) is 13.4. The summed E-state index contributed by atoms with van der Waals surface area (Å²) in [6.45, 7) is 3.92. The molecule has 1 amide bonds. The van der Waals surface area contributed by atoms with Gasteiger partial charge in [-0.05, 0) is 25.8 Å². The van der Waals surface area contributed by atoms with Crippen molar-refractivity contribution in [2.45, 2.75) is 31.7 Å². The zero-order valence-corrected chi connectivity index (χ0v) is 11.7. The van der Waals surface area contributed by atoms with Crippen molar-refractivity contribution < 1.29 is 9.53 Å². The molecule has 1 rings (SSSR count). The highest BCUT2D eigenvalue weighted by Crippen LogP contribution is 2.26. The van der Waals surface area contributed by atoms with Crippen LogP contribution in [0.25, 0.3) is 0 Å². The Labute approximate surface area is 110 Å². The molecule has 5 nitrogen and oxygen atoms in total. The molecule has 1 aliphatic carbocycles. The number of methoxy groups -OCH3 is 1. The van der Waals surface area contributed by atoms with E-state index in [1.807, 2.05) is 7.05 Å². The van der Waals surface area contributed by atoms with Gasteiger partial charge in [-0.3, -0.25) is 9.69 Å². The van der Waals surface area contributed by atoms with E-state index in [0.29, 0.717) is 19.0 Å². The van der Waals surface area contributed by atoms with Gasteiger partial charge in [0, 0.05) is 46.3 Å². The highest BCUT2D eigenvalue weighted by atomic mass is 16.5. The average Bonchev–Trinajstić information content (AvgIpc) is 3.20. The van der Waals surface area contributed by atoms with Gasteiger partial charge in [-0.25, -0.2) is 0 Å². The van der Waals surface area contributed by atoms with Crippen molar-refractivity contribution in [3.05, 3.63) is 0 Å². The molecule has 0 unspecified atom stereocenters. The summed E-state index contributed by atoms with van der Waals surface area (Å²) in [6.07, 6.45) is 4.00. The molecule has 0 aliphatic heterocycles. The van der Waals surface area contributed by atoms with Crippen molar-refractivity contribution in [2.75, 3.05) is 46.9 Å². The molecular weight excluding hydrogens is 230 g/mol. The van der Waals surface area contributed by atoms with Gasteiger partial charge in [-0.2, -0.15) is 0 Å². The Hall–Kier alpha value is -0.650. The number of amides is 1. The molecule has 1 fully saturated rings. The second-order valence-corrected chi connectivity index (χ2v) is 4.97. The van der Waals surface area contributed by atoms with Gasteiger partial charge in [0.15, 0.2) is 0 Å². The van der Waals surface area contributed by atoms with Crippen LogP contribution < -0.4 is 5.73 Å². The average molecular weight is 257 g/mol. The number of carbonyl (C=O) groups excluding carboxylic acids is 1. The lowest BCUT2D eigenvalue weighted by Crippen LogP contribution is -2.35. The van der Waals surface area contributed by atoms with Gasteiger partial charge in [0.1, 0.15) is 0 Å². The third-order valence-electron chi connectivity index (χ3n) is 3.38. The van der Waals surface area contributed by atoms with Crippen molar-refractivity contribution in [2.24, 2.45) is 5.73 Å². The van der Waals surface area contributed by atoms with Gasteiger partial charge in [-0.1, -0.05) is 0 Å². The number of carbonyl (C=O) groups is 1. The molecule has 18 heavy (non-hydrogen) atoms. The topological polar surface area (TPSA) is 58.8 Å². The Morgan fingerprint density at radius 2 is 2.06 bits per heavy atom. The van der Waals surface area contributed by atoms with Crippen LogP contribution in [0.2, 0.25) is 0 Å². The van der Waals surface area contributed by atoms with Crippen LogP contribution in [0.15, 0.2) is 0 Å². The maximum absolute atomic E-state index is 11.9. The van der Waals surface area contributed by atoms with Crippen LogP contribution in [0.1, 0.15) is 25.7 Å². The third kappa shape index (κ3) is 5.80. The van der Waals surface area contributed by atoms with Crippen LogP contribution in [0.3, 0.4) is 0 Å². The fourth-order valence-corrected chi connectivity index (χ4v) is 2.01. The largest absolute Gasteiger partial charge is 0.383 e. The lowest BCUT2D eigenvalue weighted by atomic mass is 10.3. The standard InChI is InChI=1S/C13H27N3O2/c1-15(8-3-7-14)13(17)6-9-16(10-11-18-2)12-4-5-12/h12H,3-11,14H2,1-2H3. The molecule has 0 spiro atoms. The first-order chi connectivity index (χ1) is 8.69. The Balaban J connectivity index is 2.21. The monoisotopic (exact) mass is 257 g/mol. The van der Waals surface area contributed by atoms with Crippen molar-refractivity contribution >= 4 is 5.91 Å². The Kier molecular flexibility index (Phi) is 7.23. The molecular formula is C13H27N3O2. The van der Waals surface area contributed by atoms with Gasteiger partial charge in [0.2, 0.25) is 5.91 Å². The number of nitrogens with zero attached hydrogens (tertiary/aromatic N) is 2. The molecule has 0 atom stereocenters. The highest BCUT2D eigenvalue weighted by Gasteiger charge is 2.28. The maximum Gasteiger partial charge on any atom is 0.223 e. The molecule has 0 heterocycles. The van der Waals surface area contributed by atoms with Gasteiger partial charge >= 0.3 is 0 Å².